The second-order valence-electron chi connectivity index (χ2n) is 6.49. The first-order chi connectivity index (χ1) is 11.5. The number of benzene rings is 1. The van der Waals surface area contributed by atoms with Gasteiger partial charge >= 0.3 is 6.09 Å². The number of hydrogen-bond donors (Lipinski definition) is 2. The zero-order chi connectivity index (χ0) is 17.3. The topological polar surface area (TPSA) is 72.9 Å². The number of piperazine rings is 1. The van der Waals surface area contributed by atoms with Gasteiger partial charge in [-0.3, -0.25) is 9.69 Å². The van der Waals surface area contributed by atoms with Crippen LogP contribution in [-0.2, 0) is 4.79 Å². The average molecular weight is 335 g/mol. The first-order valence-corrected chi connectivity index (χ1v) is 8.22. The summed E-state index contributed by atoms with van der Waals surface area (Å²) in [5.41, 5.74) is 1.59. The number of nitrogens with one attached hydrogen (secondary N) is 1. The van der Waals surface area contributed by atoms with Gasteiger partial charge in [0.1, 0.15) is 5.82 Å². The second kappa shape index (κ2) is 6.76. The van der Waals surface area contributed by atoms with E-state index in [0.717, 1.165) is 17.7 Å². The number of carboxylic acid groups (broad SMARTS) is 1. The van der Waals surface area contributed by atoms with Crippen LogP contribution in [0.25, 0.3) is 0 Å². The Bertz CT molecular complexity index is 652. The summed E-state index contributed by atoms with van der Waals surface area (Å²) in [5, 5.41) is 12.3. The number of likely N-dealkylation sites (tertiary alicyclic amines) is 1. The molecule has 2 N–H and O–H groups in total. The molecule has 1 aromatic rings. The number of hydrogen-bond acceptors (Lipinski definition) is 3. The molecular formula is C17H22FN3O3. The van der Waals surface area contributed by atoms with Crippen molar-refractivity contribution in [1.29, 1.82) is 0 Å². The van der Waals surface area contributed by atoms with E-state index in [-0.39, 0.29) is 23.8 Å². The van der Waals surface area contributed by atoms with Crippen LogP contribution in [0.2, 0.25) is 0 Å². The maximum Gasteiger partial charge on any atom is 0.407 e. The Morgan fingerprint density at radius 3 is 2.83 bits per heavy atom. The van der Waals surface area contributed by atoms with Crippen LogP contribution in [0, 0.1) is 12.7 Å². The molecule has 0 bridgehead atoms. The number of piperidine rings is 1. The van der Waals surface area contributed by atoms with Gasteiger partial charge in [0, 0.05) is 25.7 Å². The Kier molecular flexibility index (Phi) is 4.71. The molecule has 24 heavy (non-hydrogen) atoms. The van der Waals surface area contributed by atoms with Crippen molar-refractivity contribution in [2.24, 2.45) is 0 Å². The smallest absolute Gasteiger partial charge is 0.407 e. The number of carbonyl (C=O) groups excluding carboxylic acids is 1. The van der Waals surface area contributed by atoms with Gasteiger partial charge in [-0.25, -0.2) is 9.18 Å². The number of amides is 2. The van der Waals surface area contributed by atoms with Crippen molar-refractivity contribution < 1.29 is 19.1 Å². The van der Waals surface area contributed by atoms with Gasteiger partial charge in [0.25, 0.3) is 0 Å². The molecule has 3 rings (SSSR count). The highest BCUT2D eigenvalue weighted by Gasteiger charge is 2.36. The molecule has 6 nitrogen and oxygen atoms in total. The molecule has 2 aliphatic heterocycles. The molecule has 1 aromatic carbocycles. The fourth-order valence-electron chi connectivity index (χ4n) is 3.79. The van der Waals surface area contributed by atoms with Crippen molar-refractivity contribution >= 4 is 12.0 Å². The fourth-order valence-corrected chi connectivity index (χ4v) is 3.79. The minimum atomic E-state index is -0.960. The van der Waals surface area contributed by atoms with Gasteiger partial charge in [0.2, 0.25) is 5.91 Å². The normalized spacial score (nSPS) is 25.4. The van der Waals surface area contributed by atoms with E-state index in [4.69, 9.17) is 0 Å². The largest absolute Gasteiger partial charge is 0.465 e. The molecule has 0 radical (unpaired) electrons. The van der Waals surface area contributed by atoms with E-state index in [1.807, 2.05) is 0 Å². The Labute approximate surface area is 140 Å². The number of nitrogens with zero attached hydrogens (tertiary/aromatic N) is 2. The number of halogens is 1. The molecule has 130 valence electrons. The molecule has 2 fully saturated rings. The molecule has 7 heteroatoms. The van der Waals surface area contributed by atoms with Crippen LogP contribution in [0.3, 0.4) is 0 Å². The number of aryl methyl sites for hydroxylation is 1. The maximum absolute atomic E-state index is 13.4. The monoisotopic (exact) mass is 335 g/mol. The van der Waals surface area contributed by atoms with Gasteiger partial charge in [0.05, 0.1) is 12.6 Å². The van der Waals surface area contributed by atoms with E-state index in [1.165, 1.54) is 17.0 Å². The lowest BCUT2D eigenvalue weighted by Gasteiger charge is -2.43. The summed E-state index contributed by atoms with van der Waals surface area (Å²) < 4.78 is 13.4. The highest BCUT2D eigenvalue weighted by Crippen LogP contribution is 2.35. The van der Waals surface area contributed by atoms with Gasteiger partial charge in [-0.2, -0.15) is 0 Å². The lowest BCUT2D eigenvalue weighted by Crippen LogP contribution is -2.55. The van der Waals surface area contributed by atoms with Crippen molar-refractivity contribution in [3.8, 4) is 0 Å². The van der Waals surface area contributed by atoms with Crippen molar-refractivity contribution in [3.05, 3.63) is 35.1 Å². The van der Waals surface area contributed by atoms with Crippen LogP contribution >= 0.6 is 0 Å². The standard InChI is InChI=1S/C17H22FN3O3/c1-11-8-12(18)2-3-14(11)15-9-13(4-6-21(15)17(23)24)20-7-5-19-16(22)10-20/h2-3,8,13,15H,4-7,9-10H2,1H3,(H,19,22)(H,23,24)/t13-,15-/m1/s1. The SMILES string of the molecule is Cc1cc(F)ccc1[C@H]1C[C@H](N2CCNC(=O)C2)CCN1C(=O)O. The van der Waals surface area contributed by atoms with E-state index in [9.17, 15) is 19.1 Å². The minimum absolute atomic E-state index is 0.0106. The Morgan fingerprint density at radius 2 is 2.17 bits per heavy atom. The predicted octanol–water partition coefficient (Wildman–Crippen LogP) is 1.75. The van der Waals surface area contributed by atoms with E-state index < -0.39 is 6.09 Å². The molecule has 0 saturated carbocycles. The summed E-state index contributed by atoms with van der Waals surface area (Å²) >= 11 is 0. The van der Waals surface area contributed by atoms with Crippen LogP contribution < -0.4 is 5.32 Å². The summed E-state index contributed by atoms with van der Waals surface area (Å²) in [4.78, 5) is 26.8. The zero-order valence-corrected chi connectivity index (χ0v) is 13.7. The van der Waals surface area contributed by atoms with Crippen LogP contribution in [0.4, 0.5) is 9.18 Å². The van der Waals surface area contributed by atoms with Crippen LogP contribution in [-0.4, -0.2) is 59.1 Å². The molecular weight excluding hydrogens is 313 g/mol. The highest BCUT2D eigenvalue weighted by atomic mass is 19.1. The maximum atomic E-state index is 13.4. The van der Waals surface area contributed by atoms with E-state index in [2.05, 4.69) is 10.2 Å². The number of rotatable bonds is 2. The van der Waals surface area contributed by atoms with Crippen molar-refractivity contribution in [2.45, 2.75) is 31.8 Å². The van der Waals surface area contributed by atoms with Gasteiger partial charge < -0.3 is 15.3 Å². The summed E-state index contributed by atoms with van der Waals surface area (Å²) in [6, 6.07) is 4.33. The quantitative estimate of drug-likeness (QED) is 0.864. The molecule has 2 saturated heterocycles. The summed E-state index contributed by atoms with van der Waals surface area (Å²) in [7, 11) is 0. The molecule has 0 spiro atoms. The highest BCUT2D eigenvalue weighted by molar-refractivity contribution is 5.78. The Balaban J connectivity index is 1.84. The van der Waals surface area contributed by atoms with E-state index in [0.29, 0.717) is 32.5 Å². The van der Waals surface area contributed by atoms with Crippen LogP contribution in [0.1, 0.15) is 30.0 Å². The Hall–Kier alpha value is -2.15. The van der Waals surface area contributed by atoms with Gasteiger partial charge in [-0.1, -0.05) is 6.07 Å². The molecule has 0 aliphatic carbocycles. The zero-order valence-electron chi connectivity index (χ0n) is 13.7. The average Bonchev–Trinajstić information content (AvgIpc) is 2.54. The third-order valence-corrected chi connectivity index (χ3v) is 5.00. The van der Waals surface area contributed by atoms with Gasteiger partial charge in [-0.15, -0.1) is 0 Å². The minimum Gasteiger partial charge on any atom is -0.465 e. The summed E-state index contributed by atoms with van der Waals surface area (Å²) in [6.07, 6.45) is 0.362. The molecule has 2 amide bonds. The molecule has 2 heterocycles. The molecule has 2 aliphatic rings. The third-order valence-electron chi connectivity index (χ3n) is 5.00. The third kappa shape index (κ3) is 3.36. The van der Waals surface area contributed by atoms with E-state index >= 15 is 0 Å². The van der Waals surface area contributed by atoms with Crippen molar-refractivity contribution in [1.82, 2.24) is 15.1 Å². The van der Waals surface area contributed by atoms with Gasteiger partial charge in [-0.05, 0) is 43.0 Å². The Morgan fingerprint density at radius 1 is 1.38 bits per heavy atom. The summed E-state index contributed by atoms with van der Waals surface area (Å²) in [5.74, 6) is -0.311. The van der Waals surface area contributed by atoms with Crippen LogP contribution in [0.15, 0.2) is 18.2 Å². The molecule has 2 atom stereocenters. The lowest BCUT2D eigenvalue weighted by atomic mass is 9.88. The molecule has 0 aromatic heterocycles. The first kappa shape index (κ1) is 16.7. The molecule has 0 unspecified atom stereocenters. The van der Waals surface area contributed by atoms with Crippen molar-refractivity contribution in [3.63, 3.8) is 0 Å². The number of carbonyl (C=O) groups is 2. The lowest BCUT2D eigenvalue weighted by molar-refractivity contribution is -0.125. The predicted molar refractivity (Wildman–Crippen MR) is 86.2 cm³/mol. The van der Waals surface area contributed by atoms with Crippen molar-refractivity contribution in [2.75, 3.05) is 26.2 Å². The van der Waals surface area contributed by atoms with Gasteiger partial charge in [0.15, 0.2) is 0 Å². The summed E-state index contributed by atoms with van der Waals surface area (Å²) in [6.45, 7) is 3.97. The second-order valence-corrected chi connectivity index (χ2v) is 6.49. The van der Waals surface area contributed by atoms with Crippen LogP contribution in [0.5, 0.6) is 0 Å². The fraction of sp³-hybridized carbons (Fsp3) is 0.529. The van der Waals surface area contributed by atoms with E-state index in [1.54, 1.807) is 13.0 Å². The first-order valence-electron chi connectivity index (χ1n) is 8.22.